The summed E-state index contributed by atoms with van der Waals surface area (Å²) in [5.74, 6) is 1.70. The standard InChI is InChI=1S/C19H27NO3/c1-18-6-4-11(21)8-15(18)16(22)9-12-13(18)5-7-19(10-20)14(12)2-3-17(19)23/h10,12-16,20,22H,2-9H2,1H3/t12-,13+,14+,15?,16?,18-,19-/m1/s1. The average molecular weight is 317 g/mol. The number of nitrogens with one attached hydrogen (secondary N) is 1. The number of fused-ring (bicyclic) bond motifs is 5. The first kappa shape index (κ1) is 15.5. The van der Waals surface area contributed by atoms with Crippen LogP contribution in [-0.2, 0) is 9.59 Å². The van der Waals surface area contributed by atoms with Gasteiger partial charge in [-0.25, -0.2) is 0 Å². The molecule has 0 heterocycles. The Hall–Kier alpha value is -1.03. The van der Waals surface area contributed by atoms with Gasteiger partial charge in [-0.3, -0.25) is 9.59 Å². The van der Waals surface area contributed by atoms with Crippen molar-refractivity contribution in [2.24, 2.45) is 34.5 Å². The molecular weight excluding hydrogens is 290 g/mol. The molecule has 0 spiro atoms. The van der Waals surface area contributed by atoms with E-state index in [0.717, 1.165) is 25.7 Å². The summed E-state index contributed by atoms with van der Waals surface area (Å²) >= 11 is 0. The molecule has 7 atom stereocenters. The van der Waals surface area contributed by atoms with E-state index in [9.17, 15) is 14.7 Å². The largest absolute Gasteiger partial charge is 0.393 e. The van der Waals surface area contributed by atoms with Gasteiger partial charge >= 0.3 is 0 Å². The maximum absolute atomic E-state index is 12.5. The molecule has 4 aliphatic rings. The molecule has 126 valence electrons. The van der Waals surface area contributed by atoms with Gasteiger partial charge < -0.3 is 10.5 Å². The lowest BCUT2D eigenvalue weighted by molar-refractivity contribution is -0.160. The fourth-order valence-corrected chi connectivity index (χ4v) is 6.85. The third-order valence-corrected chi connectivity index (χ3v) is 8.09. The second-order valence-corrected chi connectivity index (χ2v) is 8.72. The Kier molecular flexibility index (Phi) is 3.36. The predicted molar refractivity (Wildman–Crippen MR) is 86.2 cm³/mol. The number of ketones is 2. The molecular formula is C19H27NO3. The van der Waals surface area contributed by atoms with E-state index in [1.165, 1.54) is 6.21 Å². The van der Waals surface area contributed by atoms with E-state index in [1.807, 2.05) is 0 Å². The quantitative estimate of drug-likeness (QED) is 0.730. The number of Topliss-reactive ketones (excluding diaryl/α,β-unsaturated/α-hetero) is 2. The number of carbonyl (C=O) groups is 2. The highest BCUT2D eigenvalue weighted by atomic mass is 16.3. The van der Waals surface area contributed by atoms with Crippen molar-refractivity contribution in [3.05, 3.63) is 0 Å². The monoisotopic (exact) mass is 317 g/mol. The first-order valence-electron chi connectivity index (χ1n) is 9.17. The van der Waals surface area contributed by atoms with Crippen molar-refractivity contribution in [3.8, 4) is 0 Å². The maximum Gasteiger partial charge on any atom is 0.144 e. The number of hydrogen-bond acceptors (Lipinski definition) is 4. The summed E-state index contributed by atoms with van der Waals surface area (Å²) in [4.78, 5) is 24.4. The van der Waals surface area contributed by atoms with Crippen molar-refractivity contribution < 1.29 is 14.7 Å². The van der Waals surface area contributed by atoms with Crippen molar-refractivity contribution >= 4 is 17.8 Å². The van der Waals surface area contributed by atoms with E-state index in [4.69, 9.17) is 5.41 Å². The summed E-state index contributed by atoms with van der Waals surface area (Å²) in [7, 11) is 0. The van der Waals surface area contributed by atoms with Crippen LogP contribution in [0, 0.1) is 39.9 Å². The summed E-state index contributed by atoms with van der Waals surface area (Å²) in [5, 5.41) is 18.7. The molecule has 0 saturated heterocycles. The van der Waals surface area contributed by atoms with E-state index in [0.29, 0.717) is 43.3 Å². The van der Waals surface area contributed by atoms with Crippen molar-refractivity contribution in [3.63, 3.8) is 0 Å². The predicted octanol–water partition coefficient (Wildman–Crippen LogP) is 2.77. The van der Waals surface area contributed by atoms with Crippen LogP contribution in [0.3, 0.4) is 0 Å². The van der Waals surface area contributed by atoms with Crippen LogP contribution in [0.1, 0.15) is 58.3 Å². The van der Waals surface area contributed by atoms with Gasteiger partial charge in [-0.15, -0.1) is 0 Å². The molecule has 0 bridgehead atoms. The second kappa shape index (κ2) is 4.98. The molecule has 0 aromatic rings. The summed E-state index contributed by atoms with van der Waals surface area (Å²) in [6.07, 6.45) is 7.00. The van der Waals surface area contributed by atoms with Gasteiger partial charge in [0.2, 0.25) is 0 Å². The Morgan fingerprint density at radius 2 is 1.91 bits per heavy atom. The van der Waals surface area contributed by atoms with E-state index < -0.39 is 11.5 Å². The van der Waals surface area contributed by atoms with Crippen LogP contribution >= 0.6 is 0 Å². The fourth-order valence-electron chi connectivity index (χ4n) is 6.85. The zero-order valence-electron chi connectivity index (χ0n) is 13.9. The van der Waals surface area contributed by atoms with Gasteiger partial charge in [0, 0.05) is 25.5 Å². The van der Waals surface area contributed by atoms with E-state index in [1.54, 1.807) is 0 Å². The Morgan fingerprint density at radius 3 is 2.65 bits per heavy atom. The highest BCUT2D eigenvalue weighted by Gasteiger charge is 2.63. The lowest BCUT2D eigenvalue weighted by Crippen LogP contribution is -2.58. The minimum Gasteiger partial charge on any atom is -0.393 e. The Morgan fingerprint density at radius 1 is 1.13 bits per heavy atom. The van der Waals surface area contributed by atoms with Gasteiger partial charge in [0.15, 0.2) is 0 Å². The zero-order chi connectivity index (χ0) is 16.4. The summed E-state index contributed by atoms with van der Waals surface area (Å²) < 4.78 is 0. The SMILES string of the molecule is C[C@]12CCC(=O)CC1C(O)C[C@@H]1[C@@H]2CC[C@]2(C=N)C(=O)CC[C@@H]12. The lowest BCUT2D eigenvalue weighted by Gasteiger charge is -2.60. The molecule has 4 fully saturated rings. The van der Waals surface area contributed by atoms with Gasteiger partial charge in [-0.1, -0.05) is 6.92 Å². The number of carbonyl (C=O) groups excluding carboxylic acids is 2. The molecule has 0 aromatic heterocycles. The molecule has 2 unspecified atom stereocenters. The van der Waals surface area contributed by atoms with Gasteiger partial charge in [0.05, 0.1) is 11.5 Å². The first-order valence-corrected chi connectivity index (χ1v) is 9.17. The molecule has 0 amide bonds. The van der Waals surface area contributed by atoms with Gasteiger partial charge in [0.1, 0.15) is 11.6 Å². The first-order chi connectivity index (χ1) is 10.9. The third kappa shape index (κ3) is 1.90. The maximum atomic E-state index is 12.5. The molecule has 4 heteroatoms. The Balaban J connectivity index is 1.71. The highest BCUT2D eigenvalue weighted by molar-refractivity contribution is 6.01. The van der Waals surface area contributed by atoms with Crippen LogP contribution in [0.4, 0.5) is 0 Å². The van der Waals surface area contributed by atoms with Gasteiger partial charge in [-0.05, 0) is 61.2 Å². The molecule has 23 heavy (non-hydrogen) atoms. The smallest absolute Gasteiger partial charge is 0.144 e. The highest BCUT2D eigenvalue weighted by Crippen LogP contribution is 2.64. The normalized spacial score (nSPS) is 52.5. The zero-order valence-corrected chi connectivity index (χ0v) is 13.9. The fraction of sp³-hybridized carbons (Fsp3) is 0.842. The van der Waals surface area contributed by atoms with Crippen LogP contribution in [0.15, 0.2) is 0 Å². The Labute approximate surface area is 137 Å². The van der Waals surface area contributed by atoms with Crippen LogP contribution in [-0.4, -0.2) is 29.0 Å². The van der Waals surface area contributed by atoms with Crippen molar-refractivity contribution in [2.75, 3.05) is 0 Å². The van der Waals surface area contributed by atoms with Gasteiger partial charge in [0.25, 0.3) is 0 Å². The van der Waals surface area contributed by atoms with Crippen molar-refractivity contribution in [1.29, 1.82) is 5.41 Å². The summed E-state index contributed by atoms with van der Waals surface area (Å²) in [6.45, 7) is 2.28. The number of hydrogen-bond donors (Lipinski definition) is 2. The average Bonchev–Trinajstić information content (AvgIpc) is 2.87. The van der Waals surface area contributed by atoms with Crippen molar-refractivity contribution in [1.82, 2.24) is 0 Å². The molecule has 2 N–H and O–H groups in total. The summed E-state index contributed by atoms with van der Waals surface area (Å²) in [6, 6.07) is 0. The number of aliphatic hydroxyl groups excluding tert-OH is 1. The number of rotatable bonds is 1. The lowest BCUT2D eigenvalue weighted by atomic mass is 9.44. The molecule has 4 nitrogen and oxygen atoms in total. The van der Waals surface area contributed by atoms with E-state index in [2.05, 4.69) is 6.92 Å². The molecule has 4 saturated carbocycles. The van der Waals surface area contributed by atoms with E-state index >= 15 is 0 Å². The van der Waals surface area contributed by atoms with E-state index in [-0.39, 0.29) is 23.0 Å². The van der Waals surface area contributed by atoms with Crippen LogP contribution in [0.5, 0.6) is 0 Å². The topological polar surface area (TPSA) is 78.2 Å². The molecule has 4 rings (SSSR count). The minimum absolute atomic E-state index is 0.0239. The molecule has 0 aliphatic heterocycles. The minimum atomic E-state index is -0.547. The van der Waals surface area contributed by atoms with Crippen LogP contribution in [0.2, 0.25) is 0 Å². The number of aliphatic hydroxyl groups is 1. The molecule has 0 aromatic carbocycles. The summed E-state index contributed by atoms with van der Waals surface area (Å²) in [5.41, 5.74) is -0.523. The van der Waals surface area contributed by atoms with Crippen LogP contribution in [0.25, 0.3) is 0 Å². The molecule has 4 aliphatic carbocycles. The third-order valence-electron chi connectivity index (χ3n) is 8.09. The Bertz CT molecular complexity index is 573. The second-order valence-electron chi connectivity index (χ2n) is 8.72. The van der Waals surface area contributed by atoms with Gasteiger partial charge in [-0.2, -0.15) is 0 Å². The van der Waals surface area contributed by atoms with Crippen LogP contribution < -0.4 is 0 Å². The molecule has 0 radical (unpaired) electrons. The van der Waals surface area contributed by atoms with Crippen molar-refractivity contribution in [2.45, 2.75) is 64.4 Å².